The van der Waals surface area contributed by atoms with Crippen molar-refractivity contribution in [1.29, 1.82) is 0 Å². The topological polar surface area (TPSA) is 81.7 Å². The standard InChI is InChI=1S/C33H36O8P/c1-6-21-38-23-32(24-39-22-7-2,26-41-42(34)37-5)25-40-33(27-11-9-8-10-12-27,28-13-17-30(35-3)18-14-28)29-15-19-31(36-4)20-16-29/h1-2,8-20H,21-26H2,3-5H3/q+1. The van der Waals surface area contributed by atoms with E-state index in [0.717, 1.165) is 16.7 Å². The summed E-state index contributed by atoms with van der Waals surface area (Å²) in [6.45, 7) is 0.195. The summed E-state index contributed by atoms with van der Waals surface area (Å²) in [6.07, 6.45) is 10.9. The molecule has 0 aliphatic heterocycles. The van der Waals surface area contributed by atoms with Crippen LogP contribution in [-0.4, -0.2) is 61.0 Å². The molecule has 1 atom stereocenters. The second kappa shape index (κ2) is 16.7. The van der Waals surface area contributed by atoms with Gasteiger partial charge in [0.25, 0.3) is 0 Å². The summed E-state index contributed by atoms with van der Waals surface area (Å²) in [5.41, 5.74) is 0.452. The molecule has 9 heteroatoms. The van der Waals surface area contributed by atoms with Gasteiger partial charge in [0.15, 0.2) is 0 Å². The van der Waals surface area contributed by atoms with Gasteiger partial charge in [0, 0.05) is 4.57 Å². The van der Waals surface area contributed by atoms with Gasteiger partial charge in [-0.05, 0) is 41.0 Å². The fraction of sp³-hybridized carbons (Fsp3) is 0.333. The summed E-state index contributed by atoms with van der Waals surface area (Å²) in [5, 5.41) is 0. The first-order valence-electron chi connectivity index (χ1n) is 13.1. The molecule has 0 radical (unpaired) electrons. The van der Waals surface area contributed by atoms with E-state index in [0.29, 0.717) is 11.5 Å². The second-order valence-corrected chi connectivity index (χ2v) is 10.4. The Hall–Kier alpha value is -3.72. The number of benzene rings is 3. The van der Waals surface area contributed by atoms with Crippen molar-refractivity contribution in [2.24, 2.45) is 5.41 Å². The summed E-state index contributed by atoms with van der Waals surface area (Å²) in [5.74, 6) is 6.35. The lowest BCUT2D eigenvalue weighted by Crippen LogP contribution is -2.45. The van der Waals surface area contributed by atoms with Gasteiger partial charge >= 0.3 is 8.25 Å². The molecule has 0 bridgehead atoms. The highest BCUT2D eigenvalue weighted by Crippen LogP contribution is 2.43. The highest BCUT2D eigenvalue weighted by Gasteiger charge is 2.43. The third kappa shape index (κ3) is 8.41. The van der Waals surface area contributed by atoms with Crippen LogP contribution in [0, 0.1) is 30.1 Å². The molecule has 0 aromatic heterocycles. The summed E-state index contributed by atoms with van der Waals surface area (Å²) in [7, 11) is 2.15. The lowest BCUT2D eigenvalue weighted by molar-refractivity contribution is -0.111. The third-order valence-corrected chi connectivity index (χ3v) is 7.22. The van der Waals surface area contributed by atoms with Crippen molar-refractivity contribution in [2.75, 3.05) is 61.0 Å². The van der Waals surface area contributed by atoms with Crippen LogP contribution in [-0.2, 0) is 33.4 Å². The van der Waals surface area contributed by atoms with Gasteiger partial charge in [-0.2, -0.15) is 0 Å². The molecule has 0 saturated carbocycles. The Balaban J connectivity index is 2.19. The average molecular weight is 592 g/mol. The van der Waals surface area contributed by atoms with E-state index >= 15 is 0 Å². The van der Waals surface area contributed by atoms with Gasteiger partial charge < -0.3 is 23.7 Å². The van der Waals surface area contributed by atoms with Gasteiger partial charge in [-0.25, -0.2) is 0 Å². The SMILES string of the molecule is C#CCOCC(COCC#C)(CO[P+](=O)OC)COC(c1ccccc1)(c1ccc(OC)cc1)c1ccc(OC)cc1. The Morgan fingerprint density at radius 3 is 1.57 bits per heavy atom. The Morgan fingerprint density at radius 2 is 1.14 bits per heavy atom. The smallest absolute Gasteiger partial charge is 0.497 e. The average Bonchev–Trinajstić information content (AvgIpc) is 3.05. The largest absolute Gasteiger partial charge is 0.697 e. The molecule has 0 saturated heterocycles. The number of hydrogen-bond acceptors (Lipinski definition) is 8. The molecule has 0 amide bonds. The first-order chi connectivity index (χ1) is 20.5. The molecular formula is C33H36O8P+. The van der Waals surface area contributed by atoms with Crippen LogP contribution >= 0.6 is 8.25 Å². The minimum atomic E-state index is -2.39. The molecule has 220 valence electrons. The number of rotatable bonds is 18. The predicted octanol–water partition coefficient (Wildman–Crippen LogP) is 5.62. The first kappa shape index (κ1) is 32.8. The van der Waals surface area contributed by atoms with Crippen molar-refractivity contribution in [2.45, 2.75) is 5.60 Å². The van der Waals surface area contributed by atoms with Crippen LogP contribution in [0.3, 0.4) is 0 Å². The molecule has 0 heterocycles. The molecule has 3 rings (SSSR count). The number of hydrogen-bond donors (Lipinski definition) is 0. The molecule has 1 unspecified atom stereocenters. The zero-order valence-electron chi connectivity index (χ0n) is 24.1. The Labute approximate surface area is 249 Å². The zero-order valence-corrected chi connectivity index (χ0v) is 25.0. The monoisotopic (exact) mass is 591 g/mol. The van der Waals surface area contributed by atoms with E-state index < -0.39 is 19.3 Å². The van der Waals surface area contributed by atoms with Gasteiger partial charge in [-0.1, -0.05) is 66.4 Å². The van der Waals surface area contributed by atoms with Gasteiger partial charge in [-0.15, -0.1) is 21.9 Å². The van der Waals surface area contributed by atoms with Gasteiger partial charge in [0.05, 0.1) is 46.6 Å². The van der Waals surface area contributed by atoms with Gasteiger partial charge in [0.2, 0.25) is 0 Å². The molecule has 8 nitrogen and oxygen atoms in total. The Morgan fingerprint density at radius 1 is 0.667 bits per heavy atom. The second-order valence-electron chi connectivity index (χ2n) is 9.37. The Kier molecular flexibility index (Phi) is 13.0. The molecular weight excluding hydrogens is 555 g/mol. The van der Waals surface area contributed by atoms with E-state index in [4.69, 9.17) is 45.6 Å². The fourth-order valence-electron chi connectivity index (χ4n) is 4.48. The van der Waals surface area contributed by atoms with Crippen molar-refractivity contribution in [3.05, 3.63) is 95.6 Å². The fourth-order valence-corrected chi connectivity index (χ4v) is 4.97. The number of methoxy groups -OCH3 is 2. The lowest BCUT2D eigenvalue weighted by atomic mass is 9.79. The van der Waals surface area contributed by atoms with Crippen LogP contribution in [0.15, 0.2) is 78.9 Å². The summed E-state index contributed by atoms with van der Waals surface area (Å²) >= 11 is 0. The lowest BCUT2D eigenvalue weighted by Gasteiger charge is -2.40. The molecule has 0 aliphatic rings. The molecule has 0 aliphatic carbocycles. The summed E-state index contributed by atoms with van der Waals surface area (Å²) < 4.78 is 52.2. The molecule has 0 fully saturated rings. The van der Waals surface area contributed by atoms with Crippen molar-refractivity contribution >= 4 is 8.25 Å². The summed E-state index contributed by atoms with van der Waals surface area (Å²) in [4.78, 5) is 0. The van der Waals surface area contributed by atoms with Crippen LogP contribution in [0.1, 0.15) is 16.7 Å². The van der Waals surface area contributed by atoms with E-state index in [2.05, 4.69) is 11.8 Å². The quantitative estimate of drug-likeness (QED) is 0.0817. The van der Waals surface area contributed by atoms with E-state index in [9.17, 15) is 4.57 Å². The molecule has 3 aromatic rings. The highest BCUT2D eigenvalue weighted by molar-refractivity contribution is 7.33. The van der Waals surface area contributed by atoms with E-state index in [1.54, 1.807) is 14.2 Å². The van der Waals surface area contributed by atoms with E-state index in [-0.39, 0.29) is 39.6 Å². The van der Waals surface area contributed by atoms with Gasteiger partial charge in [-0.3, -0.25) is 0 Å². The maximum absolute atomic E-state index is 12.2. The maximum atomic E-state index is 12.2. The molecule has 42 heavy (non-hydrogen) atoms. The highest BCUT2D eigenvalue weighted by atomic mass is 31.1. The van der Waals surface area contributed by atoms with Crippen LogP contribution in [0.25, 0.3) is 0 Å². The van der Waals surface area contributed by atoms with Crippen LogP contribution in [0.2, 0.25) is 0 Å². The van der Waals surface area contributed by atoms with Crippen molar-refractivity contribution in [3.63, 3.8) is 0 Å². The minimum Gasteiger partial charge on any atom is -0.497 e. The summed E-state index contributed by atoms with van der Waals surface area (Å²) in [6, 6.07) is 25.2. The predicted molar refractivity (Wildman–Crippen MR) is 161 cm³/mol. The van der Waals surface area contributed by atoms with Crippen LogP contribution in [0.4, 0.5) is 0 Å². The van der Waals surface area contributed by atoms with Gasteiger partial charge in [0.1, 0.15) is 36.9 Å². The molecule has 3 aromatic carbocycles. The number of terminal acetylenes is 2. The normalized spacial score (nSPS) is 11.8. The molecule has 0 N–H and O–H groups in total. The minimum absolute atomic E-state index is 0.0297. The van der Waals surface area contributed by atoms with Crippen LogP contribution < -0.4 is 9.47 Å². The first-order valence-corrected chi connectivity index (χ1v) is 14.2. The molecule has 0 spiro atoms. The Bertz CT molecular complexity index is 1260. The maximum Gasteiger partial charge on any atom is 0.697 e. The van der Waals surface area contributed by atoms with Crippen LogP contribution in [0.5, 0.6) is 11.5 Å². The van der Waals surface area contributed by atoms with Crippen molar-refractivity contribution in [3.8, 4) is 36.2 Å². The third-order valence-electron chi connectivity index (χ3n) is 6.58. The zero-order chi connectivity index (χ0) is 30.3. The van der Waals surface area contributed by atoms with E-state index in [1.165, 1.54) is 7.11 Å². The number of ether oxygens (including phenoxy) is 5. The van der Waals surface area contributed by atoms with Crippen molar-refractivity contribution < 1.29 is 37.3 Å². The van der Waals surface area contributed by atoms with E-state index in [1.807, 2.05) is 78.9 Å². The van der Waals surface area contributed by atoms with Crippen molar-refractivity contribution in [1.82, 2.24) is 0 Å².